The van der Waals surface area contributed by atoms with E-state index >= 15 is 0 Å². The summed E-state index contributed by atoms with van der Waals surface area (Å²) in [5.41, 5.74) is -0.0692. The summed E-state index contributed by atoms with van der Waals surface area (Å²) in [6.07, 6.45) is 0. The molecular weight excluding hydrogens is 330 g/mol. The van der Waals surface area contributed by atoms with Crippen molar-refractivity contribution in [2.75, 3.05) is 11.9 Å². The standard InChI is InChI=1S/C15H11ClF2N2O3/c16-10-7-9(17)5-6-13(10)23-8-14(21)20-15(22)19-12-4-2-1-3-11(12)18/h1-7H,8H2,(H2,19,20,21,22). The number of benzene rings is 2. The van der Waals surface area contributed by atoms with Crippen LogP contribution in [-0.2, 0) is 4.79 Å². The Morgan fingerprint density at radius 2 is 1.87 bits per heavy atom. The van der Waals surface area contributed by atoms with Crippen LogP contribution in [0.2, 0.25) is 5.02 Å². The van der Waals surface area contributed by atoms with Crippen molar-refractivity contribution < 1.29 is 23.1 Å². The highest BCUT2D eigenvalue weighted by Crippen LogP contribution is 2.24. The fraction of sp³-hybridized carbons (Fsp3) is 0.0667. The molecule has 8 heteroatoms. The predicted molar refractivity (Wildman–Crippen MR) is 80.5 cm³/mol. The van der Waals surface area contributed by atoms with E-state index in [1.54, 1.807) is 0 Å². The Labute approximate surface area is 135 Å². The second-order valence-corrected chi connectivity index (χ2v) is 4.75. The number of carbonyl (C=O) groups is 2. The van der Waals surface area contributed by atoms with E-state index in [9.17, 15) is 18.4 Å². The lowest BCUT2D eigenvalue weighted by atomic mass is 10.3. The molecule has 2 rings (SSSR count). The molecule has 0 saturated heterocycles. The van der Waals surface area contributed by atoms with Gasteiger partial charge in [-0.05, 0) is 30.3 Å². The van der Waals surface area contributed by atoms with Crippen molar-refractivity contribution in [1.82, 2.24) is 5.32 Å². The number of hydrogen-bond acceptors (Lipinski definition) is 3. The molecule has 0 aliphatic carbocycles. The molecule has 23 heavy (non-hydrogen) atoms. The molecule has 0 unspecified atom stereocenters. The average molecular weight is 341 g/mol. The normalized spacial score (nSPS) is 10.0. The highest BCUT2D eigenvalue weighted by Gasteiger charge is 2.11. The molecule has 0 spiro atoms. The van der Waals surface area contributed by atoms with Crippen molar-refractivity contribution in [3.05, 3.63) is 59.1 Å². The zero-order valence-electron chi connectivity index (χ0n) is 11.6. The number of urea groups is 1. The molecule has 2 N–H and O–H groups in total. The predicted octanol–water partition coefficient (Wildman–Crippen LogP) is 3.35. The number of nitrogens with one attached hydrogen (secondary N) is 2. The van der Waals surface area contributed by atoms with E-state index in [0.29, 0.717) is 0 Å². The van der Waals surface area contributed by atoms with Crippen LogP contribution in [0.4, 0.5) is 19.3 Å². The van der Waals surface area contributed by atoms with Crippen LogP contribution in [0.3, 0.4) is 0 Å². The lowest BCUT2D eigenvalue weighted by Gasteiger charge is -2.09. The molecule has 120 valence electrons. The van der Waals surface area contributed by atoms with Gasteiger partial charge in [0.1, 0.15) is 17.4 Å². The van der Waals surface area contributed by atoms with E-state index in [0.717, 1.165) is 18.2 Å². The largest absolute Gasteiger partial charge is 0.482 e. The van der Waals surface area contributed by atoms with Crippen LogP contribution in [0, 0.1) is 11.6 Å². The molecule has 2 aromatic carbocycles. The lowest BCUT2D eigenvalue weighted by Crippen LogP contribution is -2.37. The third-order valence-electron chi connectivity index (χ3n) is 2.63. The number of para-hydroxylation sites is 1. The Balaban J connectivity index is 1.85. The van der Waals surface area contributed by atoms with Gasteiger partial charge in [0.15, 0.2) is 6.61 Å². The van der Waals surface area contributed by atoms with Gasteiger partial charge in [-0.15, -0.1) is 0 Å². The van der Waals surface area contributed by atoms with E-state index < -0.39 is 30.2 Å². The van der Waals surface area contributed by atoms with Crippen molar-refractivity contribution in [1.29, 1.82) is 0 Å². The first-order valence-corrected chi connectivity index (χ1v) is 6.76. The first-order valence-electron chi connectivity index (χ1n) is 6.39. The van der Waals surface area contributed by atoms with Gasteiger partial charge in [-0.1, -0.05) is 23.7 Å². The number of rotatable bonds is 4. The van der Waals surface area contributed by atoms with E-state index in [1.807, 2.05) is 5.32 Å². The molecule has 0 atom stereocenters. The highest BCUT2D eigenvalue weighted by molar-refractivity contribution is 6.32. The summed E-state index contributed by atoms with van der Waals surface area (Å²) < 4.78 is 31.3. The van der Waals surface area contributed by atoms with Crippen molar-refractivity contribution in [2.24, 2.45) is 0 Å². The van der Waals surface area contributed by atoms with Gasteiger partial charge in [0.25, 0.3) is 5.91 Å². The van der Waals surface area contributed by atoms with Gasteiger partial charge in [-0.25, -0.2) is 13.6 Å². The minimum Gasteiger partial charge on any atom is -0.482 e. The van der Waals surface area contributed by atoms with Crippen LogP contribution >= 0.6 is 11.6 Å². The Morgan fingerprint density at radius 3 is 2.57 bits per heavy atom. The Morgan fingerprint density at radius 1 is 1.13 bits per heavy atom. The van der Waals surface area contributed by atoms with Crippen LogP contribution in [0.5, 0.6) is 5.75 Å². The van der Waals surface area contributed by atoms with Gasteiger partial charge in [-0.3, -0.25) is 10.1 Å². The smallest absolute Gasteiger partial charge is 0.326 e. The molecule has 3 amide bonds. The average Bonchev–Trinajstić information content (AvgIpc) is 2.48. The molecule has 0 aliphatic rings. The zero-order chi connectivity index (χ0) is 16.8. The van der Waals surface area contributed by atoms with Crippen LogP contribution in [0.25, 0.3) is 0 Å². The lowest BCUT2D eigenvalue weighted by molar-refractivity contribution is -0.121. The van der Waals surface area contributed by atoms with E-state index in [-0.39, 0.29) is 16.5 Å². The van der Waals surface area contributed by atoms with E-state index in [2.05, 4.69) is 5.32 Å². The molecule has 5 nitrogen and oxygen atoms in total. The topological polar surface area (TPSA) is 67.4 Å². The maximum Gasteiger partial charge on any atom is 0.326 e. The number of carbonyl (C=O) groups excluding carboxylic acids is 2. The second-order valence-electron chi connectivity index (χ2n) is 4.35. The molecule has 0 aliphatic heterocycles. The summed E-state index contributed by atoms with van der Waals surface area (Å²) in [7, 11) is 0. The Kier molecular flexibility index (Phi) is 5.48. The summed E-state index contributed by atoms with van der Waals surface area (Å²) >= 11 is 5.73. The van der Waals surface area contributed by atoms with Gasteiger partial charge in [0, 0.05) is 0 Å². The van der Waals surface area contributed by atoms with Gasteiger partial charge in [0.05, 0.1) is 10.7 Å². The number of hydrogen-bond donors (Lipinski definition) is 2. The first-order chi connectivity index (χ1) is 11.0. The van der Waals surface area contributed by atoms with Crippen LogP contribution in [-0.4, -0.2) is 18.5 Å². The SMILES string of the molecule is O=C(COc1ccc(F)cc1Cl)NC(=O)Nc1ccccc1F. The number of halogens is 3. The minimum atomic E-state index is -0.908. The first kappa shape index (κ1) is 16.7. The third kappa shape index (κ3) is 4.93. The second kappa shape index (κ2) is 7.55. The highest BCUT2D eigenvalue weighted by atomic mass is 35.5. The summed E-state index contributed by atoms with van der Waals surface area (Å²) in [4.78, 5) is 23.1. The van der Waals surface area contributed by atoms with Gasteiger partial charge >= 0.3 is 6.03 Å². The quantitative estimate of drug-likeness (QED) is 0.897. The van der Waals surface area contributed by atoms with Crippen molar-refractivity contribution in [3.63, 3.8) is 0 Å². The molecule has 0 heterocycles. The summed E-state index contributed by atoms with van der Waals surface area (Å²) in [6, 6.07) is 7.98. The minimum absolute atomic E-state index is 0.00592. The van der Waals surface area contributed by atoms with Crippen molar-refractivity contribution >= 4 is 29.2 Å². The molecule has 0 aromatic heterocycles. The van der Waals surface area contributed by atoms with Gasteiger partial charge < -0.3 is 10.1 Å². The maximum atomic E-state index is 13.3. The fourth-order valence-corrected chi connectivity index (χ4v) is 1.84. The Bertz CT molecular complexity index is 740. The monoisotopic (exact) mass is 340 g/mol. The fourth-order valence-electron chi connectivity index (χ4n) is 1.61. The number of ether oxygens (including phenoxy) is 1. The maximum absolute atomic E-state index is 13.3. The van der Waals surface area contributed by atoms with Crippen LogP contribution in [0.15, 0.2) is 42.5 Å². The molecule has 0 radical (unpaired) electrons. The van der Waals surface area contributed by atoms with Crippen LogP contribution < -0.4 is 15.4 Å². The van der Waals surface area contributed by atoms with Crippen LogP contribution in [0.1, 0.15) is 0 Å². The van der Waals surface area contributed by atoms with E-state index in [4.69, 9.17) is 16.3 Å². The number of imide groups is 1. The van der Waals surface area contributed by atoms with Crippen molar-refractivity contribution in [3.8, 4) is 5.75 Å². The molecule has 2 aromatic rings. The molecule has 0 fully saturated rings. The van der Waals surface area contributed by atoms with Gasteiger partial charge in [-0.2, -0.15) is 0 Å². The van der Waals surface area contributed by atoms with Crippen molar-refractivity contribution in [2.45, 2.75) is 0 Å². The number of anilines is 1. The Hall–Kier alpha value is -2.67. The zero-order valence-corrected chi connectivity index (χ0v) is 12.4. The molecular formula is C15H11ClF2N2O3. The number of amides is 3. The summed E-state index contributed by atoms with van der Waals surface area (Å²) in [5.74, 6) is -1.86. The summed E-state index contributed by atoms with van der Waals surface area (Å²) in [6.45, 7) is -0.518. The van der Waals surface area contributed by atoms with E-state index in [1.165, 1.54) is 24.3 Å². The molecule has 0 saturated carbocycles. The summed E-state index contributed by atoms with van der Waals surface area (Å²) in [5, 5.41) is 4.13. The third-order valence-corrected chi connectivity index (χ3v) is 2.92. The molecule has 0 bridgehead atoms. The van der Waals surface area contributed by atoms with Gasteiger partial charge in [0.2, 0.25) is 0 Å².